The molecule has 22 heavy (non-hydrogen) atoms. The van der Waals surface area contributed by atoms with E-state index in [0.29, 0.717) is 0 Å². The maximum Gasteiger partial charge on any atom is 0.0882 e. The van der Waals surface area contributed by atoms with Gasteiger partial charge >= 0.3 is 0 Å². The minimum absolute atomic E-state index is 0.846. The zero-order chi connectivity index (χ0) is 16.2. The molecule has 0 saturated heterocycles. The summed E-state index contributed by atoms with van der Waals surface area (Å²) in [5.74, 6) is 0. The highest BCUT2D eigenvalue weighted by atomic mass is 79.9. The number of aryl methyl sites for hydroxylation is 2. The molecular weight excluding hydrogens is 470 g/mol. The number of halogens is 3. The second kappa shape index (κ2) is 5.88. The molecule has 2 aromatic rings. The van der Waals surface area contributed by atoms with Crippen LogP contribution in [0.25, 0.3) is 16.8 Å². The van der Waals surface area contributed by atoms with Crippen LogP contribution in [0.3, 0.4) is 0 Å². The van der Waals surface area contributed by atoms with E-state index in [1.165, 1.54) is 43.1 Å². The molecule has 1 nitrogen and oxygen atoms in total. The highest BCUT2D eigenvalue weighted by Crippen LogP contribution is 2.49. The first-order chi connectivity index (χ1) is 10.4. The molecule has 1 heterocycles. The number of hydrogen-bond donors (Lipinski definition) is 0. The van der Waals surface area contributed by atoms with E-state index < -0.39 is 0 Å². The van der Waals surface area contributed by atoms with Gasteiger partial charge in [-0.2, -0.15) is 0 Å². The van der Waals surface area contributed by atoms with Gasteiger partial charge in [0.05, 0.1) is 14.8 Å². The Morgan fingerprint density at radius 1 is 0.909 bits per heavy atom. The van der Waals surface area contributed by atoms with E-state index in [0.717, 1.165) is 21.2 Å². The Balaban J connectivity index is 2.57. The Kier molecular flexibility index (Phi) is 4.39. The Bertz CT molecular complexity index is 860. The third-order valence-corrected chi connectivity index (χ3v) is 6.56. The fourth-order valence-corrected chi connectivity index (χ4v) is 5.34. The van der Waals surface area contributed by atoms with Crippen LogP contribution in [0.5, 0.6) is 0 Å². The standard InChI is InChI=1S/C18H16Br3N/c1-5-6-11-8(2)9(3)14-15(10(11)4)17(21)18-12(16(14)20)7-13(19)22-18/h5-6H,7H2,1-4H3/b6-5+. The molecule has 1 aliphatic rings. The molecule has 0 unspecified atom stereocenters. The summed E-state index contributed by atoms with van der Waals surface area (Å²) < 4.78 is 3.26. The predicted molar refractivity (Wildman–Crippen MR) is 108 cm³/mol. The molecule has 0 fully saturated rings. The van der Waals surface area contributed by atoms with Gasteiger partial charge in [0.25, 0.3) is 0 Å². The predicted octanol–water partition coefficient (Wildman–Crippen LogP) is 7.30. The average Bonchev–Trinajstić information content (AvgIpc) is 2.87. The number of benzene rings is 2. The lowest BCUT2D eigenvalue weighted by molar-refractivity contribution is 1.30. The van der Waals surface area contributed by atoms with E-state index >= 15 is 0 Å². The minimum Gasteiger partial charge on any atom is -0.244 e. The van der Waals surface area contributed by atoms with Gasteiger partial charge in [0.1, 0.15) is 0 Å². The van der Waals surface area contributed by atoms with Crippen LogP contribution in [0.2, 0.25) is 0 Å². The second-order valence-corrected chi connectivity index (χ2v) is 8.16. The van der Waals surface area contributed by atoms with Crippen LogP contribution < -0.4 is 0 Å². The highest BCUT2D eigenvalue weighted by molar-refractivity contribution is 9.18. The molecule has 0 aromatic heterocycles. The molecule has 0 atom stereocenters. The van der Waals surface area contributed by atoms with Crippen LogP contribution in [-0.4, -0.2) is 4.62 Å². The summed E-state index contributed by atoms with van der Waals surface area (Å²) in [6.07, 6.45) is 5.15. The lowest BCUT2D eigenvalue weighted by Gasteiger charge is -2.19. The van der Waals surface area contributed by atoms with Crippen LogP contribution in [-0.2, 0) is 6.42 Å². The van der Waals surface area contributed by atoms with Gasteiger partial charge in [0, 0.05) is 27.2 Å². The topological polar surface area (TPSA) is 12.4 Å². The lowest BCUT2D eigenvalue weighted by Crippen LogP contribution is -1.98. The molecule has 2 aromatic carbocycles. The third-order valence-electron chi connectivity index (χ3n) is 4.46. The Hall–Kier alpha value is -0.450. The molecule has 4 heteroatoms. The maximum atomic E-state index is 4.67. The molecule has 0 radical (unpaired) electrons. The number of rotatable bonds is 1. The first kappa shape index (κ1) is 16.4. The van der Waals surface area contributed by atoms with Crippen molar-refractivity contribution in [3.05, 3.63) is 42.8 Å². The first-order valence-electron chi connectivity index (χ1n) is 7.17. The summed E-state index contributed by atoms with van der Waals surface area (Å²) in [6, 6.07) is 0. The normalized spacial score (nSPS) is 14.0. The van der Waals surface area contributed by atoms with Gasteiger partial charge in [-0.1, -0.05) is 12.2 Å². The van der Waals surface area contributed by atoms with Crippen LogP contribution in [0.4, 0.5) is 5.69 Å². The molecule has 0 amide bonds. The first-order valence-corrected chi connectivity index (χ1v) is 9.55. The van der Waals surface area contributed by atoms with Crippen molar-refractivity contribution in [2.24, 2.45) is 4.99 Å². The zero-order valence-corrected chi connectivity index (χ0v) is 17.7. The van der Waals surface area contributed by atoms with Crippen molar-refractivity contribution in [1.29, 1.82) is 0 Å². The van der Waals surface area contributed by atoms with Crippen molar-refractivity contribution in [3.63, 3.8) is 0 Å². The fraction of sp³-hybridized carbons (Fsp3) is 0.278. The largest absolute Gasteiger partial charge is 0.244 e. The van der Waals surface area contributed by atoms with Gasteiger partial charge in [-0.15, -0.1) is 0 Å². The Morgan fingerprint density at radius 2 is 1.55 bits per heavy atom. The molecule has 0 bridgehead atoms. The van der Waals surface area contributed by atoms with Crippen molar-refractivity contribution >= 4 is 74.9 Å². The summed E-state index contributed by atoms with van der Waals surface area (Å²) in [7, 11) is 0. The van der Waals surface area contributed by atoms with Crippen molar-refractivity contribution in [3.8, 4) is 0 Å². The maximum absolute atomic E-state index is 4.67. The summed E-state index contributed by atoms with van der Waals surface area (Å²) in [5.41, 5.74) is 7.57. The summed E-state index contributed by atoms with van der Waals surface area (Å²) in [6.45, 7) is 8.67. The lowest BCUT2D eigenvalue weighted by atomic mass is 9.89. The molecule has 3 rings (SSSR count). The summed E-state index contributed by atoms with van der Waals surface area (Å²) >= 11 is 11.2. The smallest absolute Gasteiger partial charge is 0.0882 e. The van der Waals surface area contributed by atoms with E-state index in [1.54, 1.807) is 0 Å². The van der Waals surface area contributed by atoms with E-state index in [2.05, 4.69) is 92.6 Å². The summed E-state index contributed by atoms with van der Waals surface area (Å²) in [5, 5.41) is 2.55. The molecule has 114 valence electrons. The van der Waals surface area contributed by atoms with Gasteiger partial charge in [-0.05, 0) is 97.7 Å². The van der Waals surface area contributed by atoms with Gasteiger partial charge in [-0.25, -0.2) is 4.99 Å². The Morgan fingerprint density at radius 3 is 2.18 bits per heavy atom. The van der Waals surface area contributed by atoms with E-state index in [1.807, 2.05) is 0 Å². The van der Waals surface area contributed by atoms with E-state index in [9.17, 15) is 0 Å². The van der Waals surface area contributed by atoms with Crippen LogP contribution in [0.15, 0.2) is 20.0 Å². The van der Waals surface area contributed by atoms with Crippen molar-refractivity contribution in [2.75, 3.05) is 0 Å². The monoisotopic (exact) mass is 483 g/mol. The molecular formula is C18H16Br3N. The zero-order valence-electron chi connectivity index (χ0n) is 12.9. The van der Waals surface area contributed by atoms with Crippen LogP contribution >= 0.6 is 47.8 Å². The quantitative estimate of drug-likeness (QED) is 0.401. The molecule has 0 spiro atoms. The second-order valence-electron chi connectivity index (χ2n) is 5.66. The fourth-order valence-electron chi connectivity index (χ4n) is 3.24. The van der Waals surface area contributed by atoms with Crippen molar-refractivity contribution in [2.45, 2.75) is 34.1 Å². The van der Waals surface area contributed by atoms with Gasteiger partial charge in [-0.3, -0.25) is 0 Å². The molecule has 1 aliphatic heterocycles. The SMILES string of the molecule is C/C=C/c1c(C)c(C)c2c(Br)c3c(c(Br)c2c1C)N=C(Br)C3. The van der Waals surface area contributed by atoms with E-state index in [-0.39, 0.29) is 0 Å². The summed E-state index contributed by atoms with van der Waals surface area (Å²) in [4.78, 5) is 4.67. The van der Waals surface area contributed by atoms with Gasteiger partial charge < -0.3 is 0 Å². The third kappa shape index (κ3) is 2.26. The average molecular weight is 486 g/mol. The Labute approximate surface area is 156 Å². The number of fused-ring (bicyclic) bond motifs is 2. The highest BCUT2D eigenvalue weighted by Gasteiger charge is 2.25. The minimum atomic E-state index is 0.846. The molecule has 0 saturated carbocycles. The van der Waals surface area contributed by atoms with Crippen LogP contribution in [0, 0.1) is 20.8 Å². The number of aliphatic imine (C=N–C) groups is 1. The van der Waals surface area contributed by atoms with Crippen molar-refractivity contribution < 1.29 is 0 Å². The van der Waals surface area contributed by atoms with Gasteiger partial charge in [0.2, 0.25) is 0 Å². The van der Waals surface area contributed by atoms with Crippen LogP contribution in [0.1, 0.15) is 34.7 Å². The number of hydrogen-bond acceptors (Lipinski definition) is 1. The molecule has 0 N–H and O–H groups in total. The van der Waals surface area contributed by atoms with Crippen molar-refractivity contribution in [1.82, 2.24) is 0 Å². The number of allylic oxidation sites excluding steroid dienone is 1. The van der Waals surface area contributed by atoms with E-state index in [4.69, 9.17) is 0 Å². The molecule has 0 aliphatic carbocycles. The number of nitrogens with zero attached hydrogens (tertiary/aromatic N) is 1. The van der Waals surface area contributed by atoms with Gasteiger partial charge in [0.15, 0.2) is 0 Å².